The molecule has 2 heterocycles. The van der Waals surface area contributed by atoms with Crippen molar-refractivity contribution in [1.82, 2.24) is 19.8 Å². The summed E-state index contributed by atoms with van der Waals surface area (Å²) in [7, 11) is 9.64. The predicted molar refractivity (Wildman–Crippen MR) is 127 cm³/mol. The summed E-state index contributed by atoms with van der Waals surface area (Å²) in [6.07, 6.45) is 2.14. The number of amides is 2. The Morgan fingerprint density at radius 2 is 1.72 bits per heavy atom. The zero-order chi connectivity index (χ0) is 23.4. The summed E-state index contributed by atoms with van der Waals surface area (Å²) < 4.78 is 0. The van der Waals surface area contributed by atoms with E-state index in [1.807, 2.05) is 73.2 Å². The lowest BCUT2D eigenvalue weighted by Crippen LogP contribution is -2.31. The van der Waals surface area contributed by atoms with Crippen molar-refractivity contribution in [3.05, 3.63) is 47.4 Å². The van der Waals surface area contributed by atoms with Gasteiger partial charge in [0.2, 0.25) is 11.8 Å². The van der Waals surface area contributed by atoms with E-state index in [4.69, 9.17) is 9.97 Å². The highest BCUT2D eigenvalue weighted by atomic mass is 16.2. The molecule has 2 amide bonds. The van der Waals surface area contributed by atoms with Gasteiger partial charge in [-0.25, -0.2) is 9.97 Å². The molecule has 1 aromatic heterocycles. The minimum atomic E-state index is -0.109. The van der Waals surface area contributed by atoms with Crippen LogP contribution in [0, 0.1) is 0 Å². The molecule has 0 saturated carbocycles. The molecule has 0 aliphatic carbocycles. The third kappa shape index (κ3) is 5.55. The van der Waals surface area contributed by atoms with E-state index in [1.54, 1.807) is 18.9 Å². The maximum atomic E-state index is 12.8. The second kappa shape index (κ2) is 9.97. The molecule has 1 fully saturated rings. The van der Waals surface area contributed by atoms with Crippen LogP contribution in [0.1, 0.15) is 42.9 Å². The number of hydrogen-bond donors (Lipinski definition) is 0. The van der Waals surface area contributed by atoms with E-state index in [9.17, 15) is 9.59 Å². The molecule has 1 aliphatic heterocycles. The number of likely N-dealkylation sites (tertiary alicyclic amines) is 1. The molecule has 1 saturated heterocycles. The van der Waals surface area contributed by atoms with E-state index in [0.29, 0.717) is 18.8 Å². The molecule has 1 aromatic carbocycles. The molecule has 3 rings (SSSR count). The average molecular weight is 439 g/mol. The highest BCUT2D eigenvalue weighted by Gasteiger charge is 2.31. The molecule has 32 heavy (non-hydrogen) atoms. The van der Waals surface area contributed by atoms with Crippen LogP contribution in [0.25, 0.3) is 0 Å². The largest absolute Gasteiger partial charge is 0.378 e. The summed E-state index contributed by atoms with van der Waals surface area (Å²) in [5.74, 6) is 1.50. The summed E-state index contributed by atoms with van der Waals surface area (Å²) in [5.41, 5.74) is 2.85. The van der Waals surface area contributed by atoms with Gasteiger partial charge in [0.15, 0.2) is 5.82 Å². The van der Waals surface area contributed by atoms with Crippen molar-refractivity contribution in [1.29, 1.82) is 0 Å². The van der Waals surface area contributed by atoms with Gasteiger partial charge in [-0.2, -0.15) is 0 Å². The lowest BCUT2D eigenvalue weighted by Gasteiger charge is -2.24. The molecule has 0 spiro atoms. The quantitative estimate of drug-likeness (QED) is 0.661. The molecule has 0 N–H and O–H groups in total. The van der Waals surface area contributed by atoms with Gasteiger partial charge in [-0.05, 0) is 30.5 Å². The van der Waals surface area contributed by atoms with Gasteiger partial charge in [-0.1, -0.05) is 12.1 Å². The van der Waals surface area contributed by atoms with Crippen molar-refractivity contribution in [2.24, 2.45) is 0 Å². The van der Waals surface area contributed by atoms with Crippen molar-refractivity contribution in [2.45, 2.75) is 38.8 Å². The SMILES string of the molecule is CC(=O)N1CCC[C@@H]1c1nc(CN(C)C(=O)Cc2ccc(N(C)C)cc2)cc(N(C)C)n1. The van der Waals surface area contributed by atoms with Gasteiger partial charge in [-0.3, -0.25) is 9.59 Å². The molecular weight excluding hydrogens is 404 g/mol. The zero-order valence-corrected chi connectivity index (χ0v) is 20.0. The molecule has 172 valence electrons. The Hall–Kier alpha value is -3.16. The third-order valence-corrected chi connectivity index (χ3v) is 5.83. The van der Waals surface area contributed by atoms with Crippen molar-refractivity contribution in [3.63, 3.8) is 0 Å². The second-order valence-electron chi connectivity index (χ2n) is 8.83. The number of hydrogen-bond acceptors (Lipinski definition) is 6. The fraction of sp³-hybridized carbons (Fsp3) is 0.500. The fourth-order valence-electron chi connectivity index (χ4n) is 3.93. The third-order valence-electron chi connectivity index (χ3n) is 5.83. The highest BCUT2D eigenvalue weighted by Crippen LogP contribution is 2.31. The van der Waals surface area contributed by atoms with Crippen LogP contribution in [-0.2, 0) is 22.6 Å². The Morgan fingerprint density at radius 1 is 1.03 bits per heavy atom. The van der Waals surface area contributed by atoms with Crippen LogP contribution in [0.5, 0.6) is 0 Å². The van der Waals surface area contributed by atoms with Gasteiger partial charge >= 0.3 is 0 Å². The zero-order valence-electron chi connectivity index (χ0n) is 20.0. The molecule has 0 radical (unpaired) electrons. The second-order valence-corrected chi connectivity index (χ2v) is 8.83. The highest BCUT2D eigenvalue weighted by molar-refractivity contribution is 5.78. The average Bonchev–Trinajstić information content (AvgIpc) is 3.24. The van der Waals surface area contributed by atoms with Crippen LogP contribution in [0.15, 0.2) is 30.3 Å². The summed E-state index contributed by atoms with van der Waals surface area (Å²) in [4.78, 5) is 41.8. The first-order chi connectivity index (χ1) is 15.2. The van der Waals surface area contributed by atoms with Gasteiger partial charge < -0.3 is 19.6 Å². The maximum Gasteiger partial charge on any atom is 0.227 e. The molecule has 0 bridgehead atoms. The van der Waals surface area contributed by atoms with Crippen molar-refractivity contribution in [2.75, 3.05) is 51.6 Å². The number of carbonyl (C=O) groups excluding carboxylic acids is 2. The minimum Gasteiger partial charge on any atom is -0.378 e. The Balaban J connectivity index is 1.75. The van der Waals surface area contributed by atoms with Gasteiger partial charge in [0.05, 0.1) is 24.7 Å². The van der Waals surface area contributed by atoms with Crippen molar-refractivity contribution >= 4 is 23.3 Å². The van der Waals surface area contributed by atoms with Crippen LogP contribution in [0.3, 0.4) is 0 Å². The number of anilines is 2. The van der Waals surface area contributed by atoms with E-state index in [1.165, 1.54) is 0 Å². The lowest BCUT2D eigenvalue weighted by atomic mass is 10.1. The number of carbonyl (C=O) groups is 2. The van der Waals surface area contributed by atoms with Gasteiger partial charge in [0, 0.05) is 60.5 Å². The fourth-order valence-corrected chi connectivity index (χ4v) is 3.93. The molecule has 1 atom stereocenters. The molecule has 2 aromatic rings. The normalized spacial score (nSPS) is 15.6. The van der Waals surface area contributed by atoms with E-state index < -0.39 is 0 Å². The first kappa shape index (κ1) is 23.5. The molecule has 1 aliphatic rings. The summed E-state index contributed by atoms with van der Waals surface area (Å²) in [6.45, 7) is 2.71. The Bertz CT molecular complexity index is 957. The van der Waals surface area contributed by atoms with E-state index in [2.05, 4.69) is 0 Å². The van der Waals surface area contributed by atoms with Crippen LogP contribution in [0.4, 0.5) is 11.5 Å². The molecular formula is C24H34N6O2. The van der Waals surface area contributed by atoms with Crippen LogP contribution >= 0.6 is 0 Å². The smallest absolute Gasteiger partial charge is 0.227 e. The van der Waals surface area contributed by atoms with Gasteiger partial charge in [0.1, 0.15) is 5.82 Å². The van der Waals surface area contributed by atoms with Crippen molar-refractivity contribution < 1.29 is 9.59 Å². The van der Waals surface area contributed by atoms with Gasteiger partial charge in [-0.15, -0.1) is 0 Å². The first-order valence-corrected chi connectivity index (χ1v) is 11.0. The van der Waals surface area contributed by atoms with E-state index in [0.717, 1.165) is 42.1 Å². The standard InChI is InChI=1S/C24H34N6O2/c1-17(31)30-13-7-8-21(30)24-25-19(15-22(26-24)28(4)5)16-29(6)23(32)14-18-9-11-20(12-10-18)27(2)3/h9-12,15,21H,7-8,13-14,16H2,1-6H3/t21-/m1/s1. The van der Waals surface area contributed by atoms with Gasteiger partial charge in [0.25, 0.3) is 0 Å². The first-order valence-electron chi connectivity index (χ1n) is 11.0. The number of nitrogens with zero attached hydrogens (tertiary/aromatic N) is 6. The summed E-state index contributed by atoms with van der Waals surface area (Å²) >= 11 is 0. The summed E-state index contributed by atoms with van der Waals surface area (Å²) in [6, 6.07) is 9.82. The maximum absolute atomic E-state index is 12.8. The number of benzene rings is 1. The van der Waals surface area contributed by atoms with E-state index >= 15 is 0 Å². The Morgan fingerprint density at radius 3 is 2.31 bits per heavy atom. The minimum absolute atomic E-state index is 0.0281. The topological polar surface area (TPSA) is 72.9 Å². The van der Waals surface area contributed by atoms with Crippen LogP contribution < -0.4 is 9.80 Å². The lowest BCUT2D eigenvalue weighted by molar-refractivity contribution is -0.130. The molecule has 0 unspecified atom stereocenters. The molecule has 8 nitrogen and oxygen atoms in total. The van der Waals surface area contributed by atoms with Crippen molar-refractivity contribution in [3.8, 4) is 0 Å². The monoisotopic (exact) mass is 438 g/mol. The number of likely N-dealkylation sites (N-methyl/N-ethyl adjacent to an activating group) is 1. The molecule has 8 heteroatoms. The number of rotatable bonds is 7. The van der Waals surface area contributed by atoms with Crippen LogP contribution in [0.2, 0.25) is 0 Å². The van der Waals surface area contributed by atoms with E-state index in [-0.39, 0.29) is 17.9 Å². The predicted octanol–water partition coefficient (Wildman–Crippen LogP) is 2.49. The number of aromatic nitrogens is 2. The van der Waals surface area contributed by atoms with Crippen LogP contribution in [-0.4, -0.2) is 73.4 Å². The Kier molecular flexibility index (Phi) is 7.33. The Labute approximate surface area is 190 Å². The summed E-state index contributed by atoms with van der Waals surface area (Å²) in [5, 5.41) is 0.